The topological polar surface area (TPSA) is 117 Å². The molecule has 9 nitrogen and oxygen atoms in total. The zero-order valence-corrected chi connectivity index (χ0v) is 19.7. The number of hydrogen-bond acceptors (Lipinski definition) is 6. The number of aromatic nitrogens is 3. The zero-order chi connectivity index (χ0) is 24.4. The predicted octanol–water partition coefficient (Wildman–Crippen LogP) is 3.87. The standard InChI is InChI=1S/C25H23N5O4S/c1-34-22-14-5-3-12-20(22)23-26-25(29-28-23)27-24(31)18-9-6-11-19(16-18)35(32,33)30-15-7-10-17-8-2-4-13-21(17)30/h2-6,8-9,11-14,16H,7,10,15H2,1H3,(H2,26,27,28,29,31). The number of anilines is 2. The lowest BCUT2D eigenvalue weighted by molar-refractivity contribution is 0.102. The number of benzene rings is 3. The highest BCUT2D eigenvalue weighted by Crippen LogP contribution is 2.32. The summed E-state index contributed by atoms with van der Waals surface area (Å²) in [7, 11) is -2.28. The van der Waals surface area contributed by atoms with Gasteiger partial charge < -0.3 is 4.74 Å². The first-order chi connectivity index (χ1) is 17.0. The Morgan fingerprint density at radius 3 is 2.71 bits per heavy atom. The minimum atomic E-state index is -3.84. The molecule has 0 spiro atoms. The van der Waals surface area contributed by atoms with Crippen LogP contribution < -0.4 is 14.4 Å². The number of aryl methyl sites for hydroxylation is 1. The van der Waals surface area contributed by atoms with Crippen LogP contribution in [0.4, 0.5) is 11.6 Å². The van der Waals surface area contributed by atoms with Crippen molar-refractivity contribution < 1.29 is 17.9 Å². The summed E-state index contributed by atoms with van der Waals surface area (Å²) < 4.78 is 33.7. The number of nitrogens with zero attached hydrogens (tertiary/aromatic N) is 3. The van der Waals surface area contributed by atoms with E-state index in [-0.39, 0.29) is 16.4 Å². The van der Waals surface area contributed by atoms with Crippen LogP contribution in [0, 0.1) is 0 Å². The van der Waals surface area contributed by atoms with E-state index in [4.69, 9.17) is 4.74 Å². The smallest absolute Gasteiger partial charge is 0.264 e. The molecule has 0 bridgehead atoms. The second-order valence-corrected chi connectivity index (χ2v) is 9.86. The van der Waals surface area contributed by atoms with Gasteiger partial charge in [0, 0.05) is 12.1 Å². The van der Waals surface area contributed by atoms with Crippen molar-refractivity contribution in [2.75, 3.05) is 23.3 Å². The molecule has 0 unspecified atom stereocenters. The average Bonchev–Trinajstić information content (AvgIpc) is 3.36. The van der Waals surface area contributed by atoms with E-state index in [1.165, 1.54) is 16.4 Å². The summed E-state index contributed by atoms with van der Waals surface area (Å²) in [6.45, 7) is 0.388. The van der Waals surface area contributed by atoms with E-state index in [1.807, 2.05) is 42.5 Å². The molecule has 1 aliphatic heterocycles. The number of hydrogen-bond donors (Lipinski definition) is 2. The molecule has 1 aromatic heterocycles. The second-order valence-electron chi connectivity index (χ2n) is 8.00. The number of carbonyl (C=O) groups is 1. The van der Waals surface area contributed by atoms with Crippen molar-refractivity contribution in [3.8, 4) is 17.1 Å². The van der Waals surface area contributed by atoms with E-state index in [0.29, 0.717) is 29.4 Å². The molecule has 5 rings (SSSR count). The highest BCUT2D eigenvalue weighted by atomic mass is 32.2. The summed E-state index contributed by atoms with van der Waals surface area (Å²) in [4.78, 5) is 17.3. The van der Waals surface area contributed by atoms with E-state index >= 15 is 0 Å². The Morgan fingerprint density at radius 1 is 1.06 bits per heavy atom. The van der Waals surface area contributed by atoms with Gasteiger partial charge in [-0.1, -0.05) is 36.4 Å². The first kappa shape index (κ1) is 22.6. The van der Waals surface area contributed by atoms with Gasteiger partial charge in [0.1, 0.15) is 5.75 Å². The fraction of sp³-hybridized carbons (Fsp3) is 0.160. The van der Waals surface area contributed by atoms with Gasteiger partial charge in [0.15, 0.2) is 5.82 Å². The van der Waals surface area contributed by atoms with Crippen molar-refractivity contribution in [1.82, 2.24) is 15.2 Å². The van der Waals surface area contributed by atoms with Crippen LogP contribution >= 0.6 is 0 Å². The fourth-order valence-electron chi connectivity index (χ4n) is 4.13. The highest BCUT2D eigenvalue weighted by Gasteiger charge is 2.29. The van der Waals surface area contributed by atoms with Gasteiger partial charge in [-0.3, -0.25) is 19.5 Å². The Morgan fingerprint density at radius 2 is 1.86 bits per heavy atom. The summed E-state index contributed by atoms with van der Waals surface area (Å²) in [5.74, 6) is 0.581. The van der Waals surface area contributed by atoms with Crippen LogP contribution in [0.2, 0.25) is 0 Å². The van der Waals surface area contributed by atoms with E-state index in [2.05, 4.69) is 20.5 Å². The lowest BCUT2D eigenvalue weighted by Crippen LogP contribution is -2.35. The monoisotopic (exact) mass is 489 g/mol. The maximum Gasteiger partial charge on any atom is 0.264 e. The number of ether oxygens (including phenoxy) is 1. The van der Waals surface area contributed by atoms with E-state index in [1.54, 1.807) is 25.3 Å². The molecule has 1 aliphatic rings. The Kier molecular flexibility index (Phi) is 5.96. The van der Waals surface area contributed by atoms with E-state index in [9.17, 15) is 13.2 Å². The number of rotatable bonds is 6. The van der Waals surface area contributed by atoms with Crippen LogP contribution in [-0.2, 0) is 16.4 Å². The van der Waals surface area contributed by atoms with Gasteiger partial charge in [-0.05, 0) is 54.8 Å². The third kappa shape index (κ3) is 4.35. The van der Waals surface area contributed by atoms with Gasteiger partial charge in [-0.2, -0.15) is 4.98 Å². The number of aromatic amines is 1. The molecule has 10 heteroatoms. The Hall–Kier alpha value is -4.18. The van der Waals surface area contributed by atoms with Gasteiger partial charge in [-0.25, -0.2) is 8.42 Å². The van der Waals surface area contributed by atoms with Gasteiger partial charge in [-0.15, -0.1) is 5.10 Å². The molecule has 2 N–H and O–H groups in total. The molecular formula is C25H23N5O4S. The lowest BCUT2D eigenvalue weighted by Gasteiger charge is -2.30. The number of fused-ring (bicyclic) bond motifs is 1. The zero-order valence-electron chi connectivity index (χ0n) is 18.9. The summed E-state index contributed by atoms with van der Waals surface area (Å²) in [6.07, 6.45) is 1.56. The van der Waals surface area contributed by atoms with Gasteiger partial charge in [0.2, 0.25) is 5.95 Å². The van der Waals surface area contributed by atoms with Crippen molar-refractivity contribution in [1.29, 1.82) is 0 Å². The normalized spacial score (nSPS) is 13.2. The molecule has 0 aliphatic carbocycles. The second kappa shape index (κ2) is 9.22. The quantitative estimate of drug-likeness (QED) is 0.425. The SMILES string of the molecule is COc1ccccc1-c1nc(NC(=O)c2cccc(S(=O)(=O)N3CCCc4ccccc43)c2)n[nH]1. The van der Waals surface area contributed by atoms with Crippen molar-refractivity contribution in [3.05, 3.63) is 83.9 Å². The van der Waals surface area contributed by atoms with Crippen LogP contribution in [0.25, 0.3) is 11.4 Å². The predicted molar refractivity (Wildman–Crippen MR) is 132 cm³/mol. The van der Waals surface area contributed by atoms with Crippen LogP contribution in [0.1, 0.15) is 22.3 Å². The molecule has 0 saturated carbocycles. The number of para-hydroxylation sites is 2. The number of methoxy groups -OCH3 is 1. The maximum absolute atomic E-state index is 13.5. The van der Waals surface area contributed by atoms with Crippen LogP contribution in [0.5, 0.6) is 5.75 Å². The maximum atomic E-state index is 13.5. The van der Waals surface area contributed by atoms with E-state index in [0.717, 1.165) is 18.4 Å². The molecular weight excluding hydrogens is 466 g/mol. The number of H-pyrrole nitrogens is 1. The van der Waals surface area contributed by atoms with Crippen molar-refractivity contribution >= 4 is 27.6 Å². The van der Waals surface area contributed by atoms with Crippen LogP contribution in [0.3, 0.4) is 0 Å². The molecule has 1 amide bonds. The van der Waals surface area contributed by atoms with E-state index < -0.39 is 15.9 Å². The van der Waals surface area contributed by atoms with Gasteiger partial charge in [0.25, 0.3) is 15.9 Å². The van der Waals surface area contributed by atoms with Crippen molar-refractivity contribution in [2.24, 2.45) is 0 Å². The first-order valence-electron chi connectivity index (χ1n) is 11.1. The summed E-state index contributed by atoms with van der Waals surface area (Å²) in [6, 6.07) is 20.7. The minimum Gasteiger partial charge on any atom is -0.496 e. The molecule has 0 fully saturated rings. The first-order valence-corrected chi connectivity index (χ1v) is 12.5. The Labute approximate surface area is 202 Å². The molecule has 0 radical (unpaired) electrons. The third-order valence-electron chi connectivity index (χ3n) is 5.82. The summed E-state index contributed by atoms with van der Waals surface area (Å²) >= 11 is 0. The van der Waals surface area contributed by atoms with Crippen molar-refractivity contribution in [2.45, 2.75) is 17.7 Å². The number of nitrogens with one attached hydrogen (secondary N) is 2. The average molecular weight is 490 g/mol. The number of carbonyl (C=O) groups excluding carboxylic acids is 1. The summed E-state index contributed by atoms with van der Waals surface area (Å²) in [5.41, 5.74) is 2.54. The minimum absolute atomic E-state index is 0.0477. The number of sulfonamides is 1. The highest BCUT2D eigenvalue weighted by molar-refractivity contribution is 7.92. The van der Waals surface area contributed by atoms with Gasteiger partial charge in [0.05, 0.1) is 23.3 Å². The Bertz CT molecular complexity index is 1500. The van der Waals surface area contributed by atoms with Crippen molar-refractivity contribution in [3.63, 3.8) is 0 Å². The molecule has 35 heavy (non-hydrogen) atoms. The molecule has 0 atom stereocenters. The third-order valence-corrected chi connectivity index (χ3v) is 7.63. The Balaban J connectivity index is 1.38. The lowest BCUT2D eigenvalue weighted by atomic mass is 10.0. The molecule has 178 valence electrons. The van der Waals surface area contributed by atoms with Crippen LogP contribution in [0.15, 0.2) is 77.7 Å². The number of amides is 1. The largest absolute Gasteiger partial charge is 0.496 e. The molecule has 0 saturated heterocycles. The molecule has 2 heterocycles. The molecule has 4 aromatic rings. The van der Waals surface area contributed by atoms with Crippen LogP contribution in [-0.4, -0.2) is 43.2 Å². The van der Waals surface area contributed by atoms with Gasteiger partial charge >= 0.3 is 0 Å². The summed E-state index contributed by atoms with van der Waals surface area (Å²) in [5, 5.41) is 9.45. The molecule has 3 aromatic carbocycles. The fourth-order valence-corrected chi connectivity index (χ4v) is 5.71.